The summed E-state index contributed by atoms with van der Waals surface area (Å²) in [6.07, 6.45) is 0. The summed E-state index contributed by atoms with van der Waals surface area (Å²) < 4.78 is 26.1. The van der Waals surface area contributed by atoms with Gasteiger partial charge in [-0.15, -0.1) is 0 Å². The molecule has 0 spiro atoms. The maximum Gasteiger partial charge on any atom is 0.255 e. The fraction of sp³-hybridized carbons (Fsp3) is 0.250. The second kappa shape index (κ2) is 8.96. The molecule has 0 radical (unpaired) electrons. The maximum absolute atomic E-state index is 12.6. The van der Waals surface area contributed by atoms with Crippen LogP contribution in [0.3, 0.4) is 0 Å². The van der Waals surface area contributed by atoms with Gasteiger partial charge in [-0.25, -0.2) is 0 Å². The van der Waals surface area contributed by atoms with E-state index in [-0.39, 0.29) is 18.3 Å². The van der Waals surface area contributed by atoms with Crippen LogP contribution in [0.4, 0.5) is 0 Å². The molecule has 3 rings (SSSR count). The monoisotopic (exact) mass is 399 g/mol. The van der Waals surface area contributed by atoms with E-state index in [1.165, 1.54) is 21.3 Å². The quantitative estimate of drug-likeness (QED) is 0.616. The molecule has 152 valence electrons. The van der Waals surface area contributed by atoms with Gasteiger partial charge < -0.3 is 28.8 Å². The molecule has 2 aromatic carbocycles. The molecular weight excluding hydrogens is 378 g/mol. The average molecular weight is 399 g/mol. The zero-order valence-electron chi connectivity index (χ0n) is 16.5. The van der Waals surface area contributed by atoms with Crippen LogP contribution in [-0.4, -0.2) is 44.5 Å². The summed E-state index contributed by atoms with van der Waals surface area (Å²) >= 11 is 0. The Bertz CT molecular complexity index is 984. The summed E-state index contributed by atoms with van der Waals surface area (Å²) in [5.41, 5.74) is 1.06. The molecule has 1 heterocycles. The minimum atomic E-state index is -0.382. The first-order chi connectivity index (χ1) is 14.1. The van der Waals surface area contributed by atoms with Crippen LogP contribution in [-0.2, 0) is 6.54 Å². The molecule has 0 bridgehead atoms. The lowest BCUT2D eigenvalue weighted by Gasteiger charge is -2.13. The van der Waals surface area contributed by atoms with Crippen molar-refractivity contribution in [2.75, 3.05) is 28.4 Å². The summed E-state index contributed by atoms with van der Waals surface area (Å²) in [6.45, 7) is 0.0550. The van der Waals surface area contributed by atoms with Crippen LogP contribution in [0, 0.1) is 0 Å². The molecular formula is C20H21N3O6. The van der Waals surface area contributed by atoms with E-state index in [0.717, 1.165) is 11.3 Å². The summed E-state index contributed by atoms with van der Waals surface area (Å²) in [6, 6.07) is 10.4. The van der Waals surface area contributed by atoms with E-state index >= 15 is 0 Å². The summed E-state index contributed by atoms with van der Waals surface area (Å²) in [5.74, 6) is 2.26. The van der Waals surface area contributed by atoms with Crippen LogP contribution < -0.4 is 24.3 Å². The van der Waals surface area contributed by atoms with Crippen molar-refractivity contribution in [1.29, 1.82) is 0 Å². The van der Waals surface area contributed by atoms with Crippen molar-refractivity contribution in [1.82, 2.24) is 15.5 Å². The summed E-state index contributed by atoms with van der Waals surface area (Å²) in [7, 11) is 6.06. The van der Waals surface area contributed by atoms with Gasteiger partial charge in [-0.05, 0) is 24.3 Å². The van der Waals surface area contributed by atoms with E-state index in [9.17, 15) is 4.79 Å². The molecule has 0 saturated carbocycles. The van der Waals surface area contributed by atoms with Gasteiger partial charge in [-0.3, -0.25) is 4.79 Å². The molecule has 0 fully saturated rings. The molecule has 3 aromatic rings. The minimum Gasteiger partial charge on any atom is -0.497 e. The second-order valence-corrected chi connectivity index (χ2v) is 5.83. The van der Waals surface area contributed by atoms with Crippen molar-refractivity contribution in [2.24, 2.45) is 0 Å². The topological polar surface area (TPSA) is 105 Å². The fourth-order valence-corrected chi connectivity index (χ4v) is 2.64. The molecule has 0 saturated heterocycles. The largest absolute Gasteiger partial charge is 0.497 e. The Morgan fingerprint density at radius 1 is 0.931 bits per heavy atom. The number of aromatic nitrogens is 2. The summed E-state index contributed by atoms with van der Waals surface area (Å²) in [5, 5.41) is 6.67. The number of ether oxygens (including phenoxy) is 4. The van der Waals surface area contributed by atoms with Gasteiger partial charge in [-0.2, -0.15) is 4.98 Å². The highest BCUT2D eigenvalue weighted by Crippen LogP contribution is 2.34. The smallest absolute Gasteiger partial charge is 0.255 e. The zero-order valence-corrected chi connectivity index (χ0v) is 16.5. The Balaban J connectivity index is 1.72. The van der Waals surface area contributed by atoms with Crippen molar-refractivity contribution in [3.63, 3.8) is 0 Å². The highest BCUT2D eigenvalue weighted by atomic mass is 16.5. The van der Waals surface area contributed by atoms with Gasteiger partial charge in [0.15, 0.2) is 11.5 Å². The van der Waals surface area contributed by atoms with Crippen molar-refractivity contribution < 1.29 is 28.3 Å². The van der Waals surface area contributed by atoms with Crippen LogP contribution in [0.15, 0.2) is 40.9 Å². The van der Waals surface area contributed by atoms with E-state index in [0.29, 0.717) is 28.6 Å². The summed E-state index contributed by atoms with van der Waals surface area (Å²) in [4.78, 5) is 16.9. The van der Waals surface area contributed by atoms with Gasteiger partial charge in [0.1, 0.15) is 11.5 Å². The number of carbonyl (C=O) groups excluding carboxylic acids is 1. The van der Waals surface area contributed by atoms with Crippen LogP contribution in [0.2, 0.25) is 0 Å². The lowest BCUT2D eigenvalue weighted by atomic mass is 10.1. The Hall–Kier alpha value is -3.75. The second-order valence-electron chi connectivity index (χ2n) is 5.83. The fourth-order valence-electron chi connectivity index (χ4n) is 2.64. The van der Waals surface area contributed by atoms with Crippen LogP contribution in [0.1, 0.15) is 16.2 Å². The number of amides is 1. The van der Waals surface area contributed by atoms with E-state index in [2.05, 4.69) is 15.5 Å². The van der Waals surface area contributed by atoms with E-state index in [1.807, 2.05) is 12.1 Å². The van der Waals surface area contributed by atoms with Crippen molar-refractivity contribution in [3.8, 4) is 34.4 Å². The predicted octanol–water partition coefficient (Wildman–Crippen LogP) is 2.70. The number of rotatable bonds is 8. The van der Waals surface area contributed by atoms with Gasteiger partial charge in [0, 0.05) is 17.7 Å². The number of carbonyl (C=O) groups is 1. The predicted molar refractivity (Wildman–Crippen MR) is 104 cm³/mol. The Kier molecular flexibility index (Phi) is 6.18. The molecule has 1 N–H and O–H groups in total. The normalized spacial score (nSPS) is 10.3. The molecule has 0 aliphatic carbocycles. The van der Waals surface area contributed by atoms with E-state index < -0.39 is 0 Å². The number of methoxy groups -OCH3 is 4. The Labute approximate surface area is 167 Å². The molecule has 0 aliphatic heterocycles. The number of benzene rings is 2. The van der Waals surface area contributed by atoms with Crippen molar-refractivity contribution >= 4 is 5.91 Å². The number of hydrogen-bond acceptors (Lipinski definition) is 8. The minimum absolute atomic E-state index is 0.0550. The average Bonchev–Trinajstić information content (AvgIpc) is 3.25. The molecule has 1 amide bonds. The van der Waals surface area contributed by atoms with Crippen molar-refractivity contribution in [2.45, 2.75) is 6.54 Å². The number of nitrogens with one attached hydrogen (secondary N) is 1. The number of nitrogens with zero attached hydrogens (tertiary/aromatic N) is 2. The lowest BCUT2D eigenvalue weighted by molar-refractivity contribution is 0.0942. The van der Waals surface area contributed by atoms with E-state index in [4.69, 9.17) is 23.5 Å². The third-order valence-electron chi connectivity index (χ3n) is 4.17. The Morgan fingerprint density at radius 3 is 2.21 bits per heavy atom. The third-order valence-corrected chi connectivity index (χ3v) is 4.17. The van der Waals surface area contributed by atoms with Crippen LogP contribution in [0.5, 0.6) is 23.0 Å². The molecule has 9 heteroatoms. The Morgan fingerprint density at radius 2 is 1.59 bits per heavy atom. The first-order valence-corrected chi connectivity index (χ1v) is 8.64. The SMILES string of the molecule is COc1ccc(-c2noc(CNC(=O)c3cc(OC)c(OC)cc3OC)n2)cc1. The van der Waals surface area contributed by atoms with Gasteiger partial charge in [0.2, 0.25) is 11.7 Å². The van der Waals surface area contributed by atoms with Crippen LogP contribution in [0.25, 0.3) is 11.4 Å². The highest BCUT2D eigenvalue weighted by Gasteiger charge is 2.18. The molecule has 0 aliphatic rings. The van der Waals surface area contributed by atoms with Crippen LogP contribution >= 0.6 is 0 Å². The van der Waals surface area contributed by atoms with E-state index in [1.54, 1.807) is 31.4 Å². The number of hydrogen-bond donors (Lipinski definition) is 1. The standard InChI is InChI=1S/C20H21N3O6/c1-25-13-7-5-12(6-8-13)19-22-18(29-23-19)11-21-20(24)14-9-16(27-3)17(28-4)10-15(14)26-2/h5-10H,11H2,1-4H3,(H,21,24). The van der Waals surface area contributed by atoms with Gasteiger partial charge in [-0.1, -0.05) is 5.16 Å². The van der Waals surface area contributed by atoms with Gasteiger partial charge in [0.05, 0.1) is 40.5 Å². The molecule has 29 heavy (non-hydrogen) atoms. The van der Waals surface area contributed by atoms with Gasteiger partial charge in [0.25, 0.3) is 5.91 Å². The molecule has 9 nitrogen and oxygen atoms in total. The first kappa shape index (κ1) is 20.0. The van der Waals surface area contributed by atoms with Gasteiger partial charge >= 0.3 is 0 Å². The van der Waals surface area contributed by atoms with Crippen molar-refractivity contribution in [3.05, 3.63) is 47.9 Å². The highest BCUT2D eigenvalue weighted by molar-refractivity contribution is 5.97. The maximum atomic E-state index is 12.6. The molecule has 0 unspecified atom stereocenters. The molecule has 0 atom stereocenters. The third kappa shape index (κ3) is 4.40. The first-order valence-electron chi connectivity index (χ1n) is 8.64. The molecule has 1 aromatic heterocycles. The zero-order chi connectivity index (χ0) is 20.8. The lowest BCUT2D eigenvalue weighted by Crippen LogP contribution is -2.23.